The fraction of sp³-hybridized carbons (Fsp3) is 0.538. The van der Waals surface area contributed by atoms with Gasteiger partial charge < -0.3 is 29.7 Å². The molecule has 36 heavy (non-hydrogen) atoms. The topological polar surface area (TPSA) is 109 Å². The Morgan fingerprint density at radius 3 is 2.64 bits per heavy atom. The van der Waals surface area contributed by atoms with Crippen LogP contribution >= 0.6 is 0 Å². The van der Waals surface area contributed by atoms with Gasteiger partial charge in [-0.3, -0.25) is 14.4 Å². The normalized spacial score (nSPS) is 21.8. The van der Waals surface area contributed by atoms with E-state index in [9.17, 15) is 14.4 Å². The van der Waals surface area contributed by atoms with Crippen LogP contribution in [-0.2, 0) is 17.9 Å². The highest BCUT2D eigenvalue weighted by molar-refractivity contribution is 6.07. The average molecular weight is 495 g/mol. The average Bonchev–Trinajstić information content (AvgIpc) is 3.38. The predicted octanol–water partition coefficient (Wildman–Crippen LogP) is 1.41. The summed E-state index contributed by atoms with van der Waals surface area (Å²) in [5.41, 5.74) is 0.143. The molecule has 10 heteroatoms. The highest BCUT2D eigenvalue weighted by atomic mass is 16.5. The zero-order chi connectivity index (χ0) is 25.3. The number of methoxy groups -OCH3 is 1. The number of carbonyl (C=O) groups excluding carboxylic acids is 3. The minimum atomic E-state index is -1.10. The van der Waals surface area contributed by atoms with Crippen LogP contribution in [0.25, 0.3) is 0 Å². The highest BCUT2D eigenvalue weighted by Crippen LogP contribution is 2.39. The first-order valence-corrected chi connectivity index (χ1v) is 12.7. The molecule has 1 aromatic heterocycles. The van der Waals surface area contributed by atoms with Crippen LogP contribution in [0.4, 0.5) is 0 Å². The number of ether oxygens (including phenoxy) is 1. The lowest BCUT2D eigenvalue weighted by atomic mass is 9.93. The molecule has 0 radical (unpaired) electrons. The van der Waals surface area contributed by atoms with E-state index in [2.05, 4.69) is 20.5 Å². The third-order valence-electron chi connectivity index (χ3n) is 7.43. The van der Waals surface area contributed by atoms with Crippen LogP contribution in [-0.4, -0.2) is 81.9 Å². The number of fused-ring (bicyclic) bond motifs is 1. The predicted molar refractivity (Wildman–Crippen MR) is 133 cm³/mol. The van der Waals surface area contributed by atoms with Gasteiger partial charge in [-0.25, -0.2) is 4.98 Å². The van der Waals surface area contributed by atoms with Gasteiger partial charge in [-0.15, -0.1) is 0 Å². The zero-order valence-electron chi connectivity index (χ0n) is 21.0. The molecule has 2 aliphatic heterocycles. The summed E-state index contributed by atoms with van der Waals surface area (Å²) in [6, 6.07) is 7.49. The number of amides is 3. The molecule has 2 N–H and O–H groups in total. The second-order valence-corrected chi connectivity index (χ2v) is 10.0. The molecular weight excluding hydrogens is 460 g/mol. The molecule has 0 spiro atoms. The number of benzene rings is 1. The summed E-state index contributed by atoms with van der Waals surface area (Å²) in [6.07, 6.45) is 5.57. The molecule has 1 aromatic carbocycles. The standard InChI is InChI=1S/C26H34N6O4/c1-26(25(35)28-15-18-7-3-4-8-20(18)36-2)16-31-17-29-21(22(31)24(34)32(26)19-9-10-19)23(33)27-11-14-30-12-5-6-13-30/h3-4,7-8,17,19H,5-6,9-16H2,1-2H3,(H,27,33)(H,28,35)/t26-/m1/s1. The fourth-order valence-electron chi connectivity index (χ4n) is 5.35. The largest absolute Gasteiger partial charge is 0.496 e. The number of imidazole rings is 1. The van der Waals surface area contributed by atoms with Crippen LogP contribution < -0.4 is 15.4 Å². The summed E-state index contributed by atoms with van der Waals surface area (Å²) in [5, 5.41) is 5.92. The second kappa shape index (κ2) is 9.93. The minimum Gasteiger partial charge on any atom is -0.496 e. The molecule has 5 rings (SSSR count). The van der Waals surface area contributed by atoms with E-state index in [4.69, 9.17) is 4.74 Å². The van der Waals surface area contributed by atoms with Crippen molar-refractivity contribution in [1.29, 1.82) is 0 Å². The van der Waals surface area contributed by atoms with Crippen LogP contribution in [0.5, 0.6) is 5.75 Å². The Kier molecular flexibility index (Phi) is 6.70. The van der Waals surface area contributed by atoms with Gasteiger partial charge in [0, 0.05) is 31.2 Å². The van der Waals surface area contributed by atoms with Crippen molar-refractivity contribution >= 4 is 17.7 Å². The summed E-state index contributed by atoms with van der Waals surface area (Å²) in [5.74, 6) is -0.221. The Morgan fingerprint density at radius 2 is 1.92 bits per heavy atom. The molecule has 1 saturated carbocycles. The number of likely N-dealkylation sites (tertiary alicyclic amines) is 1. The van der Waals surface area contributed by atoms with Crippen molar-refractivity contribution in [2.45, 2.75) is 57.3 Å². The van der Waals surface area contributed by atoms with Crippen molar-refractivity contribution < 1.29 is 19.1 Å². The van der Waals surface area contributed by atoms with Crippen LogP contribution in [0.3, 0.4) is 0 Å². The lowest BCUT2D eigenvalue weighted by Gasteiger charge is -2.44. The van der Waals surface area contributed by atoms with Crippen molar-refractivity contribution in [2.24, 2.45) is 0 Å². The summed E-state index contributed by atoms with van der Waals surface area (Å²) < 4.78 is 7.05. The van der Waals surface area contributed by atoms with Crippen molar-refractivity contribution in [3.05, 3.63) is 47.5 Å². The minimum absolute atomic E-state index is 0.0192. The Labute approximate surface area is 211 Å². The third kappa shape index (κ3) is 4.57. The number of hydrogen-bond donors (Lipinski definition) is 2. The maximum atomic E-state index is 13.7. The molecule has 3 heterocycles. The molecule has 0 bridgehead atoms. The molecule has 10 nitrogen and oxygen atoms in total. The molecule has 0 unspecified atom stereocenters. The third-order valence-corrected chi connectivity index (χ3v) is 7.43. The van der Waals surface area contributed by atoms with E-state index in [1.165, 1.54) is 19.2 Å². The first-order chi connectivity index (χ1) is 17.4. The number of rotatable bonds is 9. The summed E-state index contributed by atoms with van der Waals surface area (Å²) in [6.45, 7) is 5.72. The number of hydrogen-bond acceptors (Lipinski definition) is 6. The number of nitrogens with zero attached hydrogens (tertiary/aromatic N) is 4. The van der Waals surface area contributed by atoms with Gasteiger partial charge in [0.25, 0.3) is 11.8 Å². The monoisotopic (exact) mass is 494 g/mol. The van der Waals surface area contributed by atoms with Gasteiger partial charge >= 0.3 is 0 Å². The lowest BCUT2D eigenvalue weighted by Crippen LogP contribution is -2.64. The Bertz CT molecular complexity index is 1150. The van der Waals surface area contributed by atoms with E-state index < -0.39 is 5.54 Å². The number of nitrogens with one attached hydrogen (secondary N) is 2. The maximum Gasteiger partial charge on any atom is 0.274 e. The quantitative estimate of drug-likeness (QED) is 0.546. The van der Waals surface area contributed by atoms with Gasteiger partial charge in [0.05, 0.1) is 20.0 Å². The summed E-state index contributed by atoms with van der Waals surface area (Å²) >= 11 is 0. The Morgan fingerprint density at radius 1 is 1.17 bits per heavy atom. The van der Waals surface area contributed by atoms with Gasteiger partial charge in [0.15, 0.2) is 5.69 Å². The van der Waals surface area contributed by atoms with E-state index in [-0.39, 0.29) is 48.2 Å². The molecule has 3 amide bonds. The maximum absolute atomic E-state index is 13.7. The van der Waals surface area contributed by atoms with Gasteiger partial charge in [0.1, 0.15) is 17.0 Å². The van der Waals surface area contributed by atoms with Crippen molar-refractivity contribution in [2.75, 3.05) is 33.3 Å². The van der Waals surface area contributed by atoms with E-state index in [0.29, 0.717) is 12.3 Å². The van der Waals surface area contributed by atoms with Gasteiger partial charge in [-0.05, 0) is 51.8 Å². The molecule has 2 fully saturated rings. The Hall–Kier alpha value is -3.40. The molecular formula is C26H34N6O4. The molecule has 192 valence electrons. The van der Waals surface area contributed by atoms with Gasteiger partial charge in [-0.2, -0.15) is 0 Å². The van der Waals surface area contributed by atoms with E-state index in [1.54, 1.807) is 23.5 Å². The van der Waals surface area contributed by atoms with Crippen LogP contribution in [0.15, 0.2) is 30.6 Å². The Balaban J connectivity index is 1.32. The zero-order valence-corrected chi connectivity index (χ0v) is 21.0. The number of para-hydroxylation sites is 1. The van der Waals surface area contributed by atoms with Crippen LogP contribution in [0, 0.1) is 0 Å². The first kappa shape index (κ1) is 24.3. The molecule has 3 aliphatic rings. The van der Waals surface area contributed by atoms with Gasteiger partial charge in [-0.1, -0.05) is 18.2 Å². The first-order valence-electron chi connectivity index (χ1n) is 12.7. The van der Waals surface area contributed by atoms with Crippen molar-refractivity contribution in [3.63, 3.8) is 0 Å². The lowest BCUT2D eigenvalue weighted by molar-refractivity contribution is -0.133. The molecule has 1 saturated heterocycles. The van der Waals surface area contributed by atoms with Crippen LogP contribution in [0.2, 0.25) is 0 Å². The molecule has 2 aromatic rings. The summed E-state index contributed by atoms with van der Waals surface area (Å²) in [4.78, 5) is 48.5. The number of carbonyl (C=O) groups is 3. The van der Waals surface area contributed by atoms with Crippen LogP contribution in [0.1, 0.15) is 59.1 Å². The second-order valence-electron chi connectivity index (χ2n) is 10.0. The smallest absolute Gasteiger partial charge is 0.274 e. The summed E-state index contributed by atoms with van der Waals surface area (Å²) in [7, 11) is 1.59. The van der Waals surface area contributed by atoms with E-state index in [1.807, 2.05) is 24.3 Å². The SMILES string of the molecule is COc1ccccc1CNC(=O)[C@@]1(C)Cn2cnc(C(=O)NCCN3CCCC3)c2C(=O)N1C1CC1. The van der Waals surface area contributed by atoms with Crippen molar-refractivity contribution in [1.82, 2.24) is 30.0 Å². The van der Waals surface area contributed by atoms with E-state index >= 15 is 0 Å². The molecule has 1 atom stereocenters. The van der Waals surface area contributed by atoms with Crippen molar-refractivity contribution in [3.8, 4) is 5.75 Å². The van der Waals surface area contributed by atoms with E-state index in [0.717, 1.165) is 38.0 Å². The number of aromatic nitrogens is 2. The molecule has 1 aliphatic carbocycles. The fourth-order valence-corrected chi connectivity index (χ4v) is 5.35. The van der Waals surface area contributed by atoms with Gasteiger partial charge in [0.2, 0.25) is 5.91 Å². The highest BCUT2D eigenvalue weighted by Gasteiger charge is 2.53.